The molecule has 4 atom stereocenters. The molecule has 0 spiro atoms. The Labute approximate surface area is 224 Å². The Kier molecular flexibility index (Phi) is 8.45. The fourth-order valence-corrected chi connectivity index (χ4v) is 6.04. The molecule has 2 heterocycles. The first-order valence-corrected chi connectivity index (χ1v) is 13.9. The summed E-state index contributed by atoms with van der Waals surface area (Å²) in [5.41, 5.74) is 0.246. The van der Waals surface area contributed by atoms with E-state index in [-0.39, 0.29) is 35.1 Å². The van der Waals surface area contributed by atoms with Crippen LogP contribution in [-0.4, -0.2) is 83.8 Å². The molecule has 1 saturated carbocycles. The van der Waals surface area contributed by atoms with Gasteiger partial charge in [-0.15, -0.1) is 0 Å². The molecule has 3 aliphatic rings. The second kappa shape index (κ2) is 11.3. The maximum Gasteiger partial charge on any atom is 0.245 e. The summed E-state index contributed by atoms with van der Waals surface area (Å²) in [5.74, 6) is -1.77. The van der Waals surface area contributed by atoms with Gasteiger partial charge in [-0.25, -0.2) is 8.78 Å². The fraction of sp³-hybridized carbons (Fsp3) is 0.690. The normalized spacial score (nSPS) is 25.4. The van der Waals surface area contributed by atoms with E-state index < -0.39 is 23.6 Å². The van der Waals surface area contributed by atoms with Crippen LogP contribution in [0.1, 0.15) is 65.4 Å². The van der Waals surface area contributed by atoms with Crippen LogP contribution in [0, 0.1) is 28.9 Å². The minimum atomic E-state index is -0.625. The van der Waals surface area contributed by atoms with Crippen molar-refractivity contribution in [1.82, 2.24) is 20.0 Å². The van der Waals surface area contributed by atoms with Crippen molar-refractivity contribution >= 4 is 17.7 Å². The zero-order valence-electron chi connectivity index (χ0n) is 23.3. The molecule has 0 aromatic heterocycles. The molecule has 2 saturated heterocycles. The topological polar surface area (TPSA) is 73.0 Å². The van der Waals surface area contributed by atoms with Gasteiger partial charge in [-0.3, -0.25) is 14.4 Å². The van der Waals surface area contributed by atoms with Crippen molar-refractivity contribution in [2.75, 3.05) is 39.3 Å². The number of hydrogen-bond donors (Lipinski definition) is 1. The summed E-state index contributed by atoms with van der Waals surface area (Å²) in [6.45, 7) is 12.6. The molecule has 4 rings (SSSR count). The number of amides is 3. The number of likely N-dealkylation sites (tertiary alicyclic amines) is 1. The molecule has 0 radical (unpaired) electrons. The number of nitrogens with zero attached hydrogens (tertiary/aromatic N) is 3. The fourth-order valence-electron chi connectivity index (χ4n) is 6.04. The second-order valence-electron chi connectivity index (χ2n) is 12.7. The monoisotopic (exact) mass is 532 g/mol. The quantitative estimate of drug-likeness (QED) is 0.585. The van der Waals surface area contributed by atoms with Crippen molar-refractivity contribution < 1.29 is 23.2 Å². The van der Waals surface area contributed by atoms with Crippen LogP contribution in [-0.2, 0) is 14.4 Å². The summed E-state index contributed by atoms with van der Waals surface area (Å²) in [5, 5.41) is 2.81. The first kappa shape index (κ1) is 28.5. The van der Waals surface area contributed by atoms with E-state index in [0.29, 0.717) is 50.6 Å². The molecule has 1 aliphatic carbocycles. The van der Waals surface area contributed by atoms with Crippen LogP contribution in [0.25, 0.3) is 0 Å². The van der Waals surface area contributed by atoms with E-state index in [1.54, 1.807) is 4.90 Å². The highest BCUT2D eigenvalue weighted by Crippen LogP contribution is 2.39. The number of carbonyl (C=O) groups excluding carboxylic acids is 3. The van der Waals surface area contributed by atoms with Gasteiger partial charge in [0.1, 0.15) is 17.7 Å². The Hall–Kier alpha value is -2.55. The molecule has 1 N–H and O–H groups in total. The van der Waals surface area contributed by atoms with E-state index in [2.05, 4.69) is 10.2 Å². The van der Waals surface area contributed by atoms with Crippen molar-refractivity contribution in [2.45, 2.75) is 71.9 Å². The minimum absolute atomic E-state index is 0.0373. The van der Waals surface area contributed by atoms with Crippen molar-refractivity contribution in [1.29, 1.82) is 0 Å². The molecule has 3 amide bonds. The standard InChI is InChI=1S/C29H42F2N4O3/c1-18-14-34(28(38)26(32-19(2)36)13-29(3,4)5)10-11-35(18)27(37)24-17-33(15-20-6-7-20)16-23(24)22-9-8-21(30)12-25(22)31/h8-9,12,18,20,23-24,26H,6-7,10-11,13-17H2,1-5H3,(H,32,36)/t18-,23-,24+,26-/m0/s1. The van der Waals surface area contributed by atoms with Gasteiger partial charge in [0.05, 0.1) is 5.92 Å². The van der Waals surface area contributed by atoms with Crippen LogP contribution in [0.5, 0.6) is 0 Å². The average molecular weight is 533 g/mol. The Morgan fingerprint density at radius 2 is 1.79 bits per heavy atom. The lowest BCUT2D eigenvalue weighted by molar-refractivity contribution is -0.147. The molecule has 38 heavy (non-hydrogen) atoms. The highest BCUT2D eigenvalue weighted by Gasteiger charge is 2.44. The first-order valence-electron chi connectivity index (χ1n) is 13.9. The van der Waals surface area contributed by atoms with E-state index in [0.717, 1.165) is 12.6 Å². The number of hydrogen-bond acceptors (Lipinski definition) is 4. The van der Waals surface area contributed by atoms with Gasteiger partial charge < -0.3 is 20.0 Å². The lowest BCUT2D eigenvalue weighted by atomic mass is 9.86. The maximum absolute atomic E-state index is 14.8. The van der Waals surface area contributed by atoms with Gasteiger partial charge in [-0.1, -0.05) is 26.8 Å². The minimum Gasteiger partial charge on any atom is -0.345 e. The van der Waals surface area contributed by atoms with Gasteiger partial charge in [0, 0.05) is 64.2 Å². The molecule has 7 nitrogen and oxygen atoms in total. The molecule has 0 bridgehead atoms. The summed E-state index contributed by atoms with van der Waals surface area (Å²) in [4.78, 5) is 44.9. The summed E-state index contributed by atoms with van der Waals surface area (Å²) < 4.78 is 28.5. The molecule has 210 valence electrons. The Balaban J connectivity index is 1.47. The highest BCUT2D eigenvalue weighted by atomic mass is 19.1. The molecule has 3 fully saturated rings. The van der Waals surface area contributed by atoms with Crippen molar-refractivity contribution in [3.63, 3.8) is 0 Å². The van der Waals surface area contributed by atoms with E-state index in [9.17, 15) is 23.2 Å². The summed E-state index contributed by atoms with van der Waals surface area (Å²) in [7, 11) is 0. The van der Waals surface area contributed by atoms with Crippen molar-refractivity contribution in [3.8, 4) is 0 Å². The van der Waals surface area contributed by atoms with Crippen LogP contribution < -0.4 is 5.32 Å². The van der Waals surface area contributed by atoms with Crippen LogP contribution in [0.2, 0.25) is 0 Å². The zero-order chi connectivity index (χ0) is 27.8. The summed E-state index contributed by atoms with van der Waals surface area (Å²) >= 11 is 0. The number of benzene rings is 1. The summed E-state index contributed by atoms with van der Waals surface area (Å²) in [6.07, 6.45) is 2.89. The molecule has 9 heteroatoms. The predicted molar refractivity (Wildman–Crippen MR) is 141 cm³/mol. The lowest BCUT2D eigenvalue weighted by Gasteiger charge is -2.42. The Morgan fingerprint density at radius 3 is 2.37 bits per heavy atom. The van der Waals surface area contributed by atoms with Crippen LogP contribution in [0.3, 0.4) is 0 Å². The van der Waals surface area contributed by atoms with Gasteiger partial charge in [0.25, 0.3) is 0 Å². The zero-order valence-corrected chi connectivity index (χ0v) is 23.3. The van der Waals surface area contributed by atoms with Gasteiger partial charge in [-0.2, -0.15) is 0 Å². The Bertz CT molecular complexity index is 1050. The highest BCUT2D eigenvalue weighted by molar-refractivity contribution is 5.87. The third kappa shape index (κ3) is 6.90. The predicted octanol–water partition coefficient (Wildman–Crippen LogP) is 3.39. The van der Waals surface area contributed by atoms with E-state index in [4.69, 9.17) is 0 Å². The lowest BCUT2D eigenvalue weighted by Crippen LogP contribution is -2.60. The number of piperazine rings is 1. The smallest absolute Gasteiger partial charge is 0.245 e. The van der Waals surface area contributed by atoms with Gasteiger partial charge in [-0.05, 0) is 49.1 Å². The summed E-state index contributed by atoms with van der Waals surface area (Å²) in [6, 6.07) is 2.81. The van der Waals surface area contributed by atoms with E-state index in [1.807, 2.05) is 32.6 Å². The first-order chi connectivity index (χ1) is 17.8. The van der Waals surface area contributed by atoms with Crippen molar-refractivity contribution in [3.05, 3.63) is 35.4 Å². The number of halogens is 2. The molecule has 0 unspecified atom stereocenters. The van der Waals surface area contributed by atoms with E-state index in [1.165, 1.54) is 31.9 Å². The molecule has 1 aromatic rings. The van der Waals surface area contributed by atoms with E-state index >= 15 is 0 Å². The number of nitrogens with one attached hydrogen (secondary N) is 1. The van der Waals surface area contributed by atoms with Crippen molar-refractivity contribution in [2.24, 2.45) is 17.3 Å². The molecular formula is C29H42F2N4O3. The maximum atomic E-state index is 14.8. The molecular weight excluding hydrogens is 490 g/mol. The van der Waals surface area contributed by atoms with Crippen LogP contribution in [0.4, 0.5) is 8.78 Å². The number of carbonyl (C=O) groups is 3. The van der Waals surface area contributed by atoms with Crippen LogP contribution >= 0.6 is 0 Å². The third-order valence-corrected chi connectivity index (χ3v) is 8.00. The SMILES string of the molecule is CC(=O)N[C@@H](CC(C)(C)C)C(=O)N1CCN(C(=O)[C@@H]2CN(CC3CC3)C[C@H]2c2ccc(F)cc2F)[C@@H](C)C1. The molecule has 1 aromatic carbocycles. The average Bonchev–Trinajstić information content (AvgIpc) is 3.53. The van der Waals surface area contributed by atoms with Gasteiger partial charge in [0.2, 0.25) is 17.7 Å². The Morgan fingerprint density at radius 1 is 1.08 bits per heavy atom. The van der Waals surface area contributed by atoms with Gasteiger partial charge >= 0.3 is 0 Å². The second-order valence-corrected chi connectivity index (χ2v) is 12.7. The molecule has 2 aliphatic heterocycles. The third-order valence-electron chi connectivity index (χ3n) is 8.00. The largest absolute Gasteiger partial charge is 0.345 e. The van der Waals surface area contributed by atoms with Crippen LogP contribution in [0.15, 0.2) is 18.2 Å². The number of rotatable bonds is 7. The van der Waals surface area contributed by atoms with Gasteiger partial charge in [0.15, 0.2) is 0 Å².